The van der Waals surface area contributed by atoms with Crippen molar-refractivity contribution >= 4 is 16.6 Å². The molecule has 0 spiro atoms. The van der Waals surface area contributed by atoms with Crippen molar-refractivity contribution in [2.75, 3.05) is 0 Å². The third-order valence-corrected chi connectivity index (χ3v) is 4.16. The van der Waals surface area contributed by atoms with Gasteiger partial charge in [0, 0.05) is 11.1 Å². The zero-order valence-electron chi connectivity index (χ0n) is 12.6. The van der Waals surface area contributed by atoms with Gasteiger partial charge in [-0.3, -0.25) is 4.79 Å². The third-order valence-electron chi connectivity index (χ3n) is 4.16. The lowest BCUT2D eigenvalue weighted by Crippen LogP contribution is -2.03. The van der Waals surface area contributed by atoms with Crippen LogP contribution >= 0.6 is 0 Å². The SMILES string of the molecule is Cc1ccc(C(=O)c2ccc(C)c3ccccc23)cc1C. The second-order valence-corrected chi connectivity index (χ2v) is 5.60. The molecule has 0 aliphatic rings. The molecule has 0 aliphatic heterocycles. The molecule has 1 nitrogen and oxygen atoms in total. The number of carbonyl (C=O) groups is 1. The van der Waals surface area contributed by atoms with Crippen LogP contribution in [-0.4, -0.2) is 5.78 Å². The monoisotopic (exact) mass is 274 g/mol. The molecule has 0 fully saturated rings. The first kappa shape index (κ1) is 13.6. The number of fused-ring (bicyclic) bond motifs is 1. The molecule has 0 N–H and O–H groups in total. The van der Waals surface area contributed by atoms with E-state index in [0.717, 1.165) is 27.5 Å². The highest BCUT2D eigenvalue weighted by atomic mass is 16.1. The Morgan fingerprint density at radius 3 is 2.10 bits per heavy atom. The maximum Gasteiger partial charge on any atom is 0.193 e. The van der Waals surface area contributed by atoms with E-state index in [1.807, 2.05) is 55.5 Å². The van der Waals surface area contributed by atoms with E-state index in [9.17, 15) is 4.79 Å². The number of hydrogen-bond acceptors (Lipinski definition) is 1. The van der Waals surface area contributed by atoms with Crippen molar-refractivity contribution < 1.29 is 4.79 Å². The van der Waals surface area contributed by atoms with Crippen LogP contribution in [0.15, 0.2) is 54.6 Å². The highest BCUT2D eigenvalue weighted by molar-refractivity contribution is 6.16. The van der Waals surface area contributed by atoms with Gasteiger partial charge in [0.15, 0.2) is 5.78 Å². The predicted octanol–water partition coefficient (Wildman–Crippen LogP) is 5.00. The summed E-state index contributed by atoms with van der Waals surface area (Å²) >= 11 is 0. The Hall–Kier alpha value is -2.41. The van der Waals surface area contributed by atoms with Crippen LogP contribution in [0.2, 0.25) is 0 Å². The van der Waals surface area contributed by atoms with Crippen molar-refractivity contribution in [2.45, 2.75) is 20.8 Å². The fourth-order valence-electron chi connectivity index (χ4n) is 2.69. The summed E-state index contributed by atoms with van der Waals surface area (Å²) in [7, 11) is 0. The highest BCUT2D eigenvalue weighted by Gasteiger charge is 2.13. The molecule has 0 atom stereocenters. The molecule has 3 rings (SSSR count). The van der Waals surface area contributed by atoms with E-state index in [2.05, 4.69) is 19.9 Å². The molecule has 1 heteroatoms. The zero-order chi connectivity index (χ0) is 15.0. The van der Waals surface area contributed by atoms with E-state index in [0.29, 0.717) is 0 Å². The average Bonchev–Trinajstić information content (AvgIpc) is 2.50. The molecular weight excluding hydrogens is 256 g/mol. The lowest BCUT2D eigenvalue weighted by atomic mass is 9.93. The summed E-state index contributed by atoms with van der Waals surface area (Å²) < 4.78 is 0. The number of benzene rings is 3. The summed E-state index contributed by atoms with van der Waals surface area (Å²) in [5, 5.41) is 2.17. The van der Waals surface area contributed by atoms with Gasteiger partial charge in [0.1, 0.15) is 0 Å². The first-order valence-electron chi connectivity index (χ1n) is 7.18. The Morgan fingerprint density at radius 2 is 1.38 bits per heavy atom. The summed E-state index contributed by atoms with van der Waals surface area (Å²) in [6.07, 6.45) is 0. The van der Waals surface area contributed by atoms with Gasteiger partial charge in [-0.05, 0) is 54.3 Å². The second-order valence-electron chi connectivity index (χ2n) is 5.60. The standard InChI is InChI=1S/C20H18O/c1-13-8-10-16(12-15(13)3)20(21)19-11-9-14(2)17-6-4-5-7-18(17)19/h4-12H,1-3H3. The van der Waals surface area contributed by atoms with Crippen molar-refractivity contribution in [3.05, 3.63) is 82.4 Å². The van der Waals surface area contributed by atoms with Gasteiger partial charge in [-0.1, -0.05) is 48.5 Å². The van der Waals surface area contributed by atoms with E-state index in [1.165, 1.54) is 11.1 Å². The van der Waals surface area contributed by atoms with E-state index < -0.39 is 0 Å². The van der Waals surface area contributed by atoms with Crippen LogP contribution in [-0.2, 0) is 0 Å². The van der Waals surface area contributed by atoms with Gasteiger partial charge in [-0.15, -0.1) is 0 Å². The van der Waals surface area contributed by atoms with Crippen LogP contribution in [0.25, 0.3) is 10.8 Å². The Labute approximate surface area is 125 Å². The average molecular weight is 274 g/mol. The zero-order valence-corrected chi connectivity index (χ0v) is 12.6. The summed E-state index contributed by atoms with van der Waals surface area (Å²) in [5.41, 5.74) is 5.09. The number of aryl methyl sites for hydroxylation is 3. The fraction of sp³-hybridized carbons (Fsp3) is 0.150. The van der Waals surface area contributed by atoms with Crippen LogP contribution < -0.4 is 0 Å². The molecular formula is C20H18O. The molecule has 0 heterocycles. The van der Waals surface area contributed by atoms with Crippen LogP contribution in [0.3, 0.4) is 0 Å². The summed E-state index contributed by atoms with van der Waals surface area (Å²) in [5.74, 6) is 0.0919. The Balaban J connectivity index is 2.18. The normalized spacial score (nSPS) is 10.8. The fourth-order valence-corrected chi connectivity index (χ4v) is 2.69. The number of rotatable bonds is 2. The molecule has 3 aromatic carbocycles. The minimum atomic E-state index is 0.0919. The van der Waals surface area contributed by atoms with Gasteiger partial charge in [0.05, 0.1) is 0 Å². The minimum absolute atomic E-state index is 0.0919. The van der Waals surface area contributed by atoms with Crippen LogP contribution in [0.1, 0.15) is 32.6 Å². The molecule has 21 heavy (non-hydrogen) atoms. The van der Waals surface area contributed by atoms with Gasteiger partial charge >= 0.3 is 0 Å². The van der Waals surface area contributed by atoms with E-state index in [4.69, 9.17) is 0 Å². The largest absolute Gasteiger partial charge is 0.289 e. The van der Waals surface area contributed by atoms with Crippen molar-refractivity contribution in [3.8, 4) is 0 Å². The molecule has 0 bridgehead atoms. The summed E-state index contributed by atoms with van der Waals surface area (Å²) in [6.45, 7) is 6.18. The van der Waals surface area contributed by atoms with Crippen LogP contribution in [0, 0.1) is 20.8 Å². The molecule has 0 unspecified atom stereocenters. The topological polar surface area (TPSA) is 17.1 Å². The Kier molecular flexibility index (Phi) is 3.34. The minimum Gasteiger partial charge on any atom is -0.289 e. The van der Waals surface area contributed by atoms with Gasteiger partial charge in [-0.25, -0.2) is 0 Å². The number of carbonyl (C=O) groups excluding carboxylic acids is 1. The van der Waals surface area contributed by atoms with Gasteiger partial charge in [0.2, 0.25) is 0 Å². The van der Waals surface area contributed by atoms with Gasteiger partial charge < -0.3 is 0 Å². The van der Waals surface area contributed by atoms with Crippen molar-refractivity contribution in [3.63, 3.8) is 0 Å². The number of hydrogen-bond donors (Lipinski definition) is 0. The lowest BCUT2D eigenvalue weighted by molar-refractivity contribution is 0.104. The first-order valence-corrected chi connectivity index (χ1v) is 7.18. The lowest BCUT2D eigenvalue weighted by Gasteiger charge is -2.09. The Morgan fingerprint density at radius 1 is 0.714 bits per heavy atom. The highest BCUT2D eigenvalue weighted by Crippen LogP contribution is 2.25. The molecule has 0 aromatic heterocycles. The second kappa shape index (κ2) is 5.17. The van der Waals surface area contributed by atoms with Crippen molar-refractivity contribution in [1.82, 2.24) is 0 Å². The van der Waals surface area contributed by atoms with Crippen LogP contribution in [0.5, 0.6) is 0 Å². The van der Waals surface area contributed by atoms with E-state index in [1.54, 1.807) is 0 Å². The molecule has 0 saturated carbocycles. The van der Waals surface area contributed by atoms with E-state index in [-0.39, 0.29) is 5.78 Å². The first-order chi connectivity index (χ1) is 10.1. The molecule has 0 amide bonds. The van der Waals surface area contributed by atoms with Gasteiger partial charge in [-0.2, -0.15) is 0 Å². The molecule has 0 saturated heterocycles. The van der Waals surface area contributed by atoms with Crippen molar-refractivity contribution in [2.24, 2.45) is 0 Å². The number of ketones is 1. The quantitative estimate of drug-likeness (QED) is 0.601. The summed E-state index contributed by atoms with van der Waals surface area (Å²) in [6, 6.07) is 18.0. The predicted molar refractivity (Wildman–Crippen MR) is 88.0 cm³/mol. The van der Waals surface area contributed by atoms with E-state index >= 15 is 0 Å². The van der Waals surface area contributed by atoms with Crippen molar-refractivity contribution in [1.29, 1.82) is 0 Å². The smallest absolute Gasteiger partial charge is 0.193 e. The third kappa shape index (κ3) is 2.36. The van der Waals surface area contributed by atoms with Gasteiger partial charge in [0.25, 0.3) is 0 Å². The Bertz CT molecular complexity index is 844. The molecule has 104 valence electrons. The molecule has 0 radical (unpaired) electrons. The summed E-state index contributed by atoms with van der Waals surface area (Å²) in [4.78, 5) is 12.8. The van der Waals surface area contributed by atoms with Crippen LogP contribution in [0.4, 0.5) is 0 Å². The maximum atomic E-state index is 12.8. The molecule has 3 aromatic rings. The maximum absolute atomic E-state index is 12.8. The molecule has 0 aliphatic carbocycles.